The standard InChI is InChI=1S/C7H12O2S/c8-10(9)6-7(10)4-2-1-3-5-7/h1-6H2. The van der Waals surface area contributed by atoms with E-state index in [-0.39, 0.29) is 4.75 Å². The number of hydrogen-bond donors (Lipinski definition) is 0. The lowest BCUT2D eigenvalue weighted by molar-refractivity contribution is 0.446. The molecule has 0 N–H and O–H groups in total. The van der Waals surface area contributed by atoms with Crippen molar-refractivity contribution in [3.05, 3.63) is 0 Å². The smallest absolute Gasteiger partial charge is 0.158 e. The quantitative estimate of drug-likeness (QED) is 0.498. The average molecular weight is 160 g/mol. The molecule has 1 aliphatic heterocycles. The van der Waals surface area contributed by atoms with Crippen LogP contribution < -0.4 is 0 Å². The second-order valence-electron chi connectivity index (χ2n) is 3.50. The molecule has 1 saturated heterocycles. The summed E-state index contributed by atoms with van der Waals surface area (Å²) in [6.45, 7) is 0. The molecule has 0 aromatic carbocycles. The maximum absolute atomic E-state index is 11.1. The van der Waals surface area contributed by atoms with Crippen molar-refractivity contribution in [3.63, 3.8) is 0 Å². The molecule has 0 atom stereocenters. The summed E-state index contributed by atoms with van der Waals surface area (Å²) in [6, 6.07) is 0. The van der Waals surface area contributed by atoms with Gasteiger partial charge in [-0.2, -0.15) is 0 Å². The fourth-order valence-electron chi connectivity index (χ4n) is 1.97. The van der Waals surface area contributed by atoms with Gasteiger partial charge in [0, 0.05) is 0 Å². The van der Waals surface area contributed by atoms with E-state index in [0.29, 0.717) is 5.75 Å². The van der Waals surface area contributed by atoms with Crippen LogP contribution in [0.3, 0.4) is 0 Å². The second kappa shape index (κ2) is 1.76. The van der Waals surface area contributed by atoms with E-state index in [2.05, 4.69) is 0 Å². The zero-order valence-corrected chi connectivity index (χ0v) is 6.78. The third-order valence-corrected chi connectivity index (χ3v) is 5.25. The van der Waals surface area contributed by atoms with Crippen molar-refractivity contribution >= 4 is 9.84 Å². The first-order chi connectivity index (χ1) is 4.66. The van der Waals surface area contributed by atoms with Gasteiger partial charge in [0.05, 0.1) is 10.5 Å². The zero-order valence-electron chi connectivity index (χ0n) is 5.97. The molecule has 2 aliphatic rings. The summed E-state index contributed by atoms with van der Waals surface area (Å²) in [6.07, 6.45) is 5.36. The molecule has 58 valence electrons. The van der Waals surface area contributed by atoms with Crippen LogP contribution in [0.1, 0.15) is 32.1 Å². The first kappa shape index (κ1) is 6.65. The van der Waals surface area contributed by atoms with Crippen LogP contribution in [0, 0.1) is 0 Å². The van der Waals surface area contributed by atoms with Crippen LogP contribution in [-0.4, -0.2) is 18.9 Å². The Balaban J connectivity index is 2.19. The number of rotatable bonds is 0. The summed E-state index contributed by atoms with van der Waals surface area (Å²) in [5.41, 5.74) is 0. The van der Waals surface area contributed by atoms with E-state index in [0.717, 1.165) is 25.7 Å². The van der Waals surface area contributed by atoms with Crippen molar-refractivity contribution in [1.29, 1.82) is 0 Å². The predicted octanol–water partition coefficient (Wildman–Crippen LogP) is 1.12. The Bertz CT molecular complexity index is 234. The molecule has 0 unspecified atom stereocenters. The topological polar surface area (TPSA) is 34.1 Å². The van der Waals surface area contributed by atoms with Crippen LogP contribution in [0.4, 0.5) is 0 Å². The van der Waals surface area contributed by atoms with Crippen molar-refractivity contribution < 1.29 is 8.42 Å². The van der Waals surface area contributed by atoms with Crippen LogP contribution in [0.5, 0.6) is 0 Å². The summed E-state index contributed by atoms with van der Waals surface area (Å²) >= 11 is 0. The van der Waals surface area contributed by atoms with Crippen molar-refractivity contribution in [3.8, 4) is 0 Å². The third kappa shape index (κ3) is 0.729. The Morgan fingerprint density at radius 3 is 1.80 bits per heavy atom. The molecule has 0 bridgehead atoms. The highest BCUT2D eigenvalue weighted by molar-refractivity contribution is 8.00. The molecule has 1 aliphatic carbocycles. The van der Waals surface area contributed by atoms with E-state index >= 15 is 0 Å². The van der Waals surface area contributed by atoms with Gasteiger partial charge in [0.25, 0.3) is 0 Å². The predicted molar refractivity (Wildman–Crippen MR) is 39.6 cm³/mol. The summed E-state index contributed by atoms with van der Waals surface area (Å²) < 4.78 is 21.9. The first-order valence-electron chi connectivity index (χ1n) is 3.89. The summed E-state index contributed by atoms with van der Waals surface area (Å²) in [7, 11) is -2.58. The van der Waals surface area contributed by atoms with Crippen molar-refractivity contribution in [2.75, 3.05) is 5.75 Å². The molecular weight excluding hydrogens is 148 g/mol. The maximum atomic E-state index is 11.1. The highest BCUT2D eigenvalue weighted by atomic mass is 32.2. The lowest BCUT2D eigenvalue weighted by Crippen LogP contribution is -2.17. The molecule has 0 radical (unpaired) electrons. The van der Waals surface area contributed by atoms with Gasteiger partial charge in [0.1, 0.15) is 0 Å². The third-order valence-electron chi connectivity index (χ3n) is 2.79. The molecule has 0 aromatic heterocycles. The molecule has 2 nitrogen and oxygen atoms in total. The molecule has 0 amide bonds. The van der Waals surface area contributed by atoms with Crippen molar-refractivity contribution in [1.82, 2.24) is 0 Å². The van der Waals surface area contributed by atoms with Gasteiger partial charge in [0.2, 0.25) is 0 Å². The number of hydrogen-bond acceptors (Lipinski definition) is 2. The Morgan fingerprint density at radius 2 is 1.50 bits per heavy atom. The molecule has 3 heteroatoms. The van der Waals surface area contributed by atoms with Gasteiger partial charge in [-0.25, -0.2) is 8.42 Å². The molecule has 2 fully saturated rings. The van der Waals surface area contributed by atoms with E-state index in [1.807, 2.05) is 0 Å². The van der Waals surface area contributed by atoms with Crippen molar-refractivity contribution in [2.24, 2.45) is 0 Å². The van der Waals surface area contributed by atoms with Gasteiger partial charge in [0.15, 0.2) is 9.84 Å². The first-order valence-corrected chi connectivity index (χ1v) is 5.54. The average Bonchev–Trinajstić information content (AvgIpc) is 2.36. The van der Waals surface area contributed by atoms with Crippen LogP contribution >= 0.6 is 0 Å². The fraction of sp³-hybridized carbons (Fsp3) is 1.00. The van der Waals surface area contributed by atoms with Crippen molar-refractivity contribution in [2.45, 2.75) is 36.9 Å². The van der Waals surface area contributed by atoms with Gasteiger partial charge < -0.3 is 0 Å². The summed E-state index contributed by atoms with van der Waals surface area (Å²) in [5.74, 6) is 0.486. The molecule has 1 saturated carbocycles. The minimum Gasteiger partial charge on any atom is -0.228 e. The van der Waals surface area contributed by atoms with Crippen LogP contribution in [0.15, 0.2) is 0 Å². The Labute approximate surface area is 61.5 Å². The SMILES string of the molecule is O=S1(=O)CC12CCCCC2. The maximum Gasteiger partial charge on any atom is 0.158 e. The van der Waals surface area contributed by atoms with E-state index in [1.54, 1.807) is 0 Å². The van der Waals surface area contributed by atoms with Crippen LogP contribution in [0.25, 0.3) is 0 Å². The van der Waals surface area contributed by atoms with Crippen LogP contribution in [-0.2, 0) is 9.84 Å². The molecule has 10 heavy (non-hydrogen) atoms. The highest BCUT2D eigenvalue weighted by Crippen LogP contribution is 2.47. The van der Waals surface area contributed by atoms with E-state index in [4.69, 9.17) is 0 Å². The van der Waals surface area contributed by atoms with Gasteiger partial charge in [-0.15, -0.1) is 0 Å². The van der Waals surface area contributed by atoms with Gasteiger partial charge >= 0.3 is 0 Å². The molecule has 0 aromatic rings. The van der Waals surface area contributed by atoms with Gasteiger partial charge in [-0.1, -0.05) is 19.3 Å². The largest absolute Gasteiger partial charge is 0.228 e. The molecule has 2 rings (SSSR count). The van der Waals surface area contributed by atoms with E-state index < -0.39 is 9.84 Å². The molecule has 1 heterocycles. The Hall–Kier alpha value is -0.0500. The van der Waals surface area contributed by atoms with E-state index in [1.165, 1.54) is 6.42 Å². The Kier molecular flexibility index (Phi) is 1.17. The lowest BCUT2D eigenvalue weighted by atomic mass is 9.91. The summed E-state index contributed by atoms with van der Waals surface area (Å²) in [4.78, 5) is 0. The van der Waals surface area contributed by atoms with E-state index in [9.17, 15) is 8.42 Å². The molecule has 1 spiro atoms. The van der Waals surface area contributed by atoms with Gasteiger partial charge in [-0.05, 0) is 12.8 Å². The lowest BCUT2D eigenvalue weighted by Gasteiger charge is -2.16. The van der Waals surface area contributed by atoms with Gasteiger partial charge in [-0.3, -0.25) is 0 Å². The molecular formula is C7H12O2S. The second-order valence-corrected chi connectivity index (χ2v) is 5.89. The number of sulfone groups is 1. The minimum absolute atomic E-state index is 0.203. The fourth-order valence-corrected chi connectivity index (χ4v) is 4.09. The zero-order chi connectivity index (χ0) is 7.24. The monoisotopic (exact) mass is 160 g/mol. The minimum atomic E-state index is -2.58. The Morgan fingerprint density at radius 1 is 1.00 bits per heavy atom. The van der Waals surface area contributed by atoms with Crippen LogP contribution in [0.2, 0.25) is 0 Å². The normalized spacial score (nSPS) is 34.0. The highest BCUT2D eigenvalue weighted by Gasteiger charge is 2.60. The summed E-state index contributed by atoms with van der Waals surface area (Å²) in [5, 5.41) is 0.